The van der Waals surface area contributed by atoms with Crippen LogP contribution in [0.15, 0.2) is 158 Å². The van der Waals surface area contributed by atoms with Crippen molar-refractivity contribution in [2.45, 2.75) is 95.4 Å². The summed E-state index contributed by atoms with van der Waals surface area (Å²) in [7, 11) is 1.70. The predicted molar refractivity (Wildman–Crippen MR) is 288 cm³/mol. The molecule has 3 atom stereocenters. The summed E-state index contributed by atoms with van der Waals surface area (Å²) in [4.78, 5) is 10.9. The van der Waals surface area contributed by atoms with Gasteiger partial charge in [0.2, 0.25) is 0 Å². The SMILES string of the molecule is COc1ccc(CNC2CCCc3c2[nH]c2ccccc32)cc1.Cl.Cl.c1ccc(CCNC2CCCc3c2[nH]c2ccccc32)cc1.c1ccc(CNC2CCCc3c2[nH]c2ccccc32)cc1. The average Bonchev–Trinajstić information content (AvgIpc) is 4.09. The van der Waals surface area contributed by atoms with Gasteiger partial charge in [-0.25, -0.2) is 0 Å². The lowest BCUT2D eigenvalue weighted by Crippen LogP contribution is -2.27. The molecule has 352 valence electrons. The fraction of sp³-hybridized carbons (Fsp3) is 0.288. The van der Waals surface area contributed by atoms with Crippen LogP contribution in [0.5, 0.6) is 5.75 Å². The van der Waals surface area contributed by atoms with Crippen molar-refractivity contribution >= 4 is 57.5 Å². The molecule has 0 spiro atoms. The molecule has 6 aromatic carbocycles. The molecule has 0 saturated carbocycles. The minimum atomic E-state index is 0. The van der Waals surface area contributed by atoms with Gasteiger partial charge in [0, 0.05) is 81.0 Å². The first-order valence-corrected chi connectivity index (χ1v) is 24.4. The quantitative estimate of drug-likeness (QED) is 0.0779. The number of fused-ring (bicyclic) bond motifs is 9. The topological polar surface area (TPSA) is 92.7 Å². The molecule has 9 heteroatoms. The van der Waals surface area contributed by atoms with Crippen molar-refractivity contribution in [1.82, 2.24) is 30.9 Å². The van der Waals surface area contributed by atoms with E-state index >= 15 is 0 Å². The van der Waals surface area contributed by atoms with Crippen LogP contribution in [0.2, 0.25) is 0 Å². The number of aryl methyl sites for hydroxylation is 3. The maximum atomic E-state index is 5.22. The van der Waals surface area contributed by atoms with Gasteiger partial charge in [0.25, 0.3) is 0 Å². The Bertz CT molecular complexity index is 2960. The van der Waals surface area contributed by atoms with Crippen molar-refractivity contribution in [2.24, 2.45) is 0 Å². The number of aromatic amines is 3. The van der Waals surface area contributed by atoms with Crippen LogP contribution < -0.4 is 20.7 Å². The van der Waals surface area contributed by atoms with Crippen LogP contribution in [-0.4, -0.2) is 28.6 Å². The number of nitrogens with one attached hydrogen (secondary N) is 6. The van der Waals surface area contributed by atoms with E-state index in [0.717, 1.165) is 31.8 Å². The third kappa shape index (κ3) is 11.2. The Kier molecular flexibility index (Phi) is 16.8. The van der Waals surface area contributed by atoms with Gasteiger partial charge in [0.05, 0.1) is 7.11 Å². The molecule has 3 unspecified atom stereocenters. The molecule has 7 nitrogen and oxygen atoms in total. The average molecular weight is 946 g/mol. The van der Waals surface area contributed by atoms with Crippen LogP contribution in [0.1, 0.15) is 107 Å². The van der Waals surface area contributed by atoms with Crippen LogP contribution in [0.4, 0.5) is 0 Å². The second kappa shape index (κ2) is 23.5. The molecular weight excluding hydrogens is 880 g/mol. The molecule has 12 rings (SSSR count). The molecule has 0 amide bonds. The van der Waals surface area contributed by atoms with E-state index in [1.807, 2.05) is 12.1 Å². The third-order valence-electron chi connectivity index (χ3n) is 14.1. The first-order chi connectivity index (χ1) is 32.7. The summed E-state index contributed by atoms with van der Waals surface area (Å²) in [5, 5.41) is 15.4. The molecular formula is C59H66Cl2N6O. The highest BCUT2D eigenvalue weighted by Crippen LogP contribution is 2.37. The van der Waals surface area contributed by atoms with Crippen molar-refractivity contribution in [3.05, 3.63) is 208 Å². The molecule has 0 bridgehead atoms. The minimum Gasteiger partial charge on any atom is -0.497 e. The minimum absolute atomic E-state index is 0. The monoisotopic (exact) mass is 944 g/mol. The maximum absolute atomic E-state index is 5.22. The zero-order valence-electron chi connectivity index (χ0n) is 39.2. The Labute approximate surface area is 414 Å². The number of ether oxygens (including phenoxy) is 1. The fourth-order valence-corrected chi connectivity index (χ4v) is 10.7. The van der Waals surface area contributed by atoms with Gasteiger partial charge in [-0.1, -0.05) is 127 Å². The molecule has 3 heterocycles. The molecule has 3 aromatic heterocycles. The van der Waals surface area contributed by atoms with Crippen molar-refractivity contribution < 1.29 is 4.74 Å². The molecule has 3 aliphatic rings. The van der Waals surface area contributed by atoms with Crippen molar-refractivity contribution in [3.8, 4) is 5.75 Å². The summed E-state index contributed by atoms with van der Waals surface area (Å²) in [5.74, 6) is 0.907. The first-order valence-electron chi connectivity index (χ1n) is 24.4. The molecule has 0 aliphatic heterocycles. The zero-order chi connectivity index (χ0) is 44.5. The van der Waals surface area contributed by atoms with E-state index in [0.29, 0.717) is 18.1 Å². The third-order valence-corrected chi connectivity index (χ3v) is 14.1. The lowest BCUT2D eigenvalue weighted by atomic mass is 9.91. The van der Waals surface area contributed by atoms with Crippen molar-refractivity contribution in [1.29, 1.82) is 0 Å². The lowest BCUT2D eigenvalue weighted by molar-refractivity contribution is 0.414. The van der Waals surface area contributed by atoms with E-state index in [2.05, 4.69) is 176 Å². The standard InChI is InChI=1S/C20H22N2O.C20H22N2.C19H20N2.2ClH/c1-23-15-11-9-14(10-12-15)13-21-19-8-4-6-17-16-5-2-3-7-18(16)22-20(17)19;1-2-7-15(8-3-1)13-14-21-19-12-6-10-17-16-9-4-5-11-18(16)22-20(17)19;1-2-7-14(8-3-1)13-20-18-12-6-10-16-15-9-4-5-11-17(15)21-19(16)18;;/h2-3,5,7,9-12,19,21-22H,4,6,8,13H2,1H3;1-5,7-9,11,19,21-22H,6,10,12-14H2;1-5,7-9,11,18,20-21H,6,10,12-13H2;2*1H. The summed E-state index contributed by atoms with van der Waals surface area (Å²) in [6.45, 7) is 2.84. The van der Waals surface area contributed by atoms with Gasteiger partial charge < -0.3 is 35.6 Å². The molecule has 3 aliphatic carbocycles. The van der Waals surface area contributed by atoms with Gasteiger partial charge in [-0.15, -0.1) is 24.8 Å². The molecule has 0 radical (unpaired) electrons. The highest BCUT2D eigenvalue weighted by Gasteiger charge is 2.26. The number of halogens is 2. The van der Waals surface area contributed by atoms with E-state index in [1.165, 1.54) is 141 Å². The van der Waals surface area contributed by atoms with E-state index in [1.54, 1.807) is 7.11 Å². The van der Waals surface area contributed by atoms with Gasteiger partial charge in [-0.2, -0.15) is 0 Å². The zero-order valence-corrected chi connectivity index (χ0v) is 40.8. The van der Waals surface area contributed by atoms with Crippen LogP contribution >= 0.6 is 24.8 Å². The van der Waals surface area contributed by atoms with Crippen molar-refractivity contribution in [3.63, 3.8) is 0 Å². The van der Waals surface area contributed by atoms with Crippen LogP contribution in [-0.2, 0) is 38.8 Å². The van der Waals surface area contributed by atoms with Gasteiger partial charge in [0.15, 0.2) is 0 Å². The van der Waals surface area contributed by atoms with Gasteiger partial charge in [0.1, 0.15) is 5.75 Å². The molecule has 0 saturated heterocycles. The lowest BCUT2D eigenvalue weighted by Gasteiger charge is -2.24. The smallest absolute Gasteiger partial charge is 0.118 e. The number of H-pyrrole nitrogens is 3. The van der Waals surface area contributed by atoms with E-state index in [-0.39, 0.29) is 24.8 Å². The number of para-hydroxylation sites is 3. The number of methoxy groups -OCH3 is 1. The molecule has 68 heavy (non-hydrogen) atoms. The predicted octanol–water partition coefficient (Wildman–Crippen LogP) is 13.9. The fourth-order valence-electron chi connectivity index (χ4n) is 10.7. The van der Waals surface area contributed by atoms with E-state index < -0.39 is 0 Å². The number of rotatable bonds is 11. The van der Waals surface area contributed by atoms with Gasteiger partial charge in [-0.05, 0) is 134 Å². The summed E-state index contributed by atoms with van der Waals surface area (Å²) in [6, 6.07) is 57.0. The number of hydrogen-bond acceptors (Lipinski definition) is 4. The second-order valence-corrected chi connectivity index (χ2v) is 18.3. The molecule has 6 N–H and O–H groups in total. The van der Waals surface area contributed by atoms with Crippen LogP contribution in [0.25, 0.3) is 32.7 Å². The van der Waals surface area contributed by atoms with Gasteiger partial charge >= 0.3 is 0 Å². The van der Waals surface area contributed by atoms with Gasteiger partial charge in [-0.3, -0.25) is 0 Å². The normalized spacial score (nSPS) is 17.0. The van der Waals surface area contributed by atoms with E-state index in [4.69, 9.17) is 4.74 Å². The Morgan fingerprint density at radius 2 is 0.794 bits per heavy atom. The Morgan fingerprint density at radius 1 is 0.426 bits per heavy atom. The molecule has 0 fully saturated rings. The van der Waals surface area contributed by atoms with Crippen molar-refractivity contribution in [2.75, 3.05) is 13.7 Å². The summed E-state index contributed by atoms with van der Waals surface area (Å²) in [6.07, 6.45) is 12.1. The number of hydrogen-bond donors (Lipinski definition) is 6. The molecule has 9 aromatic rings. The summed E-state index contributed by atoms with van der Waals surface area (Å²) in [5.41, 5.74) is 16.6. The Balaban J connectivity index is 0.000000136. The maximum Gasteiger partial charge on any atom is 0.118 e. The largest absolute Gasteiger partial charge is 0.497 e. The van der Waals surface area contributed by atoms with Crippen LogP contribution in [0.3, 0.4) is 0 Å². The highest BCUT2D eigenvalue weighted by atomic mass is 35.5. The summed E-state index contributed by atoms with van der Waals surface area (Å²) >= 11 is 0. The Morgan fingerprint density at radius 3 is 1.22 bits per heavy atom. The first kappa shape index (κ1) is 48.6. The number of aromatic nitrogens is 3. The van der Waals surface area contributed by atoms with E-state index in [9.17, 15) is 0 Å². The second-order valence-electron chi connectivity index (χ2n) is 18.3. The number of benzene rings is 6. The highest BCUT2D eigenvalue weighted by molar-refractivity contribution is 5.87. The van der Waals surface area contributed by atoms with Crippen LogP contribution in [0, 0.1) is 0 Å². The Hall–Kier alpha value is -5.80. The summed E-state index contributed by atoms with van der Waals surface area (Å²) < 4.78 is 5.22.